The van der Waals surface area contributed by atoms with Gasteiger partial charge in [0, 0.05) is 6.54 Å². The minimum absolute atomic E-state index is 0.0567. The quantitative estimate of drug-likeness (QED) is 0.625. The molecule has 1 unspecified atom stereocenters. The molecule has 0 spiro atoms. The van der Waals surface area contributed by atoms with E-state index < -0.39 is 12.0 Å². The molecule has 0 saturated heterocycles. The number of hydrogen-bond donors (Lipinski definition) is 2. The Morgan fingerprint density at radius 2 is 2.10 bits per heavy atom. The molecule has 0 saturated carbocycles. The van der Waals surface area contributed by atoms with Crippen LogP contribution in [0.5, 0.6) is 0 Å². The highest BCUT2D eigenvalue weighted by atomic mass is 19.3. The van der Waals surface area contributed by atoms with E-state index in [0.29, 0.717) is 6.42 Å². The molecule has 0 aliphatic carbocycles. The van der Waals surface area contributed by atoms with Crippen LogP contribution in [0, 0.1) is 0 Å². The van der Waals surface area contributed by atoms with E-state index in [1.54, 1.807) is 6.92 Å². The summed E-state index contributed by atoms with van der Waals surface area (Å²) in [6.07, 6.45) is -2.17. The average Bonchev–Trinajstić information content (AvgIpc) is 1.88. The zero-order valence-corrected chi connectivity index (χ0v) is 5.98. The Labute approximate surface area is 59.0 Å². The Morgan fingerprint density at radius 3 is 2.20 bits per heavy atom. The first-order chi connectivity index (χ1) is 4.56. The third-order valence-corrected chi connectivity index (χ3v) is 1.44. The van der Waals surface area contributed by atoms with Gasteiger partial charge in [-0.2, -0.15) is 0 Å². The van der Waals surface area contributed by atoms with Crippen LogP contribution in [-0.2, 0) is 0 Å². The normalized spacial score (nSPS) is 17.4. The van der Waals surface area contributed by atoms with E-state index in [0.717, 1.165) is 0 Å². The van der Waals surface area contributed by atoms with E-state index in [4.69, 9.17) is 10.8 Å². The Kier molecular flexibility index (Phi) is 3.75. The van der Waals surface area contributed by atoms with E-state index >= 15 is 0 Å². The van der Waals surface area contributed by atoms with Crippen LogP contribution in [0.25, 0.3) is 0 Å². The lowest BCUT2D eigenvalue weighted by Crippen LogP contribution is -2.44. The van der Waals surface area contributed by atoms with Crippen LogP contribution in [0.1, 0.15) is 19.8 Å². The summed E-state index contributed by atoms with van der Waals surface area (Å²) in [4.78, 5) is 0. The summed E-state index contributed by atoms with van der Waals surface area (Å²) in [5, 5.41) is 9.02. The maximum absolute atomic E-state index is 11.9. The molecule has 4 heteroatoms. The molecule has 3 N–H and O–H groups in total. The summed E-state index contributed by atoms with van der Waals surface area (Å²) in [6.45, 7) is 1.35. The molecule has 1 atom stereocenters. The molecule has 2 nitrogen and oxygen atoms in total. The van der Waals surface area contributed by atoms with Crippen molar-refractivity contribution in [1.82, 2.24) is 0 Å². The molecule has 0 aliphatic rings. The first-order valence-corrected chi connectivity index (χ1v) is 3.27. The number of hydrogen-bond acceptors (Lipinski definition) is 2. The number of nitrogens with two attached hydrogens (primary N) is 1. The topological polar surface area (TPSA) is 46.2 Å². The van der Waals surface area contributed by atoms with Crippen LogP contribution >= 0.6 is 0 Å². The molecule has 0 rings (SSSR count). The maximum Gasteiger partial charge on any atom is 0.268 e. The van der Waals surface area contributed by atoms with Crippen molar-refractivity contribution in [3.8, 4) is 0 Å². The number of rotatable bonds is 4. The Bertz CT molecular complexity index is 99.7. The summed E-state index contributed by atoms with van der Waals surface area (Å²) in [5.41, 5.74) is 3.00. The molecule has 0 amide bonds. The van der Waals surface area contributed by atoms with Crippen LogP contribution in [0.4, 0.5) is 8.78 Å². The summed E-state index contributed by atoms with van der Waals surface area (Å²) >= 11 is 0. The second-order valence-electron chi connectivity index (χ2n) is 2.36. The van der Waals surface area contributed by atoms with Crippen molar-refractivity contribution < 1.29 is 13.9 Å². The SMILES string of the molecule is CCCC(O)(CN)C(F)F. The van der Waals surface area contributed by atoms with Gasteiger partial charge in [0.05, 0.1) is 0 Å². The van der Waals surface area contributed by atoms with Crippen molar-refractivity contribution in [2.24, 2.45) is 5.73 Å². The monoisotopic (exact) mass is 153 g/mol. The predicted molar refractivity (Wildman–Crippen MR) is 34.9 cm³/mol. The van der Waals surface area contributed by atoms with Gasteiger partial charge in [-0.15, -0.1) is 0 Å². The van der Waals surface area contributed by atoms with Crippen LogP contribution in [0.3, 0.4) is 0 Å². The molecule has 62 valence electrons. The maximum atomic E-state index is 11.9. The second kappa shape index (κ2) is 3.83. The zero-order valence-electron chi connectivity index (χ0n) is 5.98. The first-order valence-electron chi connectivity index (χ1n) is 3.27. The fourth-order valence-corrected chi connectivity index (χ4v) is 0.733. The van der Waals surface area contributed by atoms with Gasteiger partial charge < -0.3 is 10.8 Å². The Hall–Kier alpha value is -0.220. The largest absolute Gasteiger partial charge is 0.383 e. The average molecular weight is 153 g/mol. The summed E-state index contributed by atoms with van der Waals surface area (Å²) in [6, 6.07) is 0. The summed E-state index contributed by atoms with van der Waals surface area (Å²) in [7, 11) is 0. The van der Waals surface area contributed by atoms with Crippen molar-refractivity contribution in [3.63, 3.8) is 0 Å². The zero-order chi connectivity index (χ0) is 8.20. The Balaban J connectivity index is 3.94. The van der Waals surface area contributed by atoms with E-state index in [-0.39, 0.29) is 13.0 Å². The summed E-state index contributed by atoms with van der Waals surface area (Å²) < 4.78 is 23.9. The molecule has 0 bridgehead atoms. The highest BCUT2D eigenvalue weighted by Crippen LogP contribution is 2.19. The molecule has 0 fully saturated rings. The third kappa shape index (κ3) is 2.19. The van der Waals surface area contributed by atoms with Crippen molar-refractivity contribution in [2.75, 3.05) is 6.54 Å². The third-order valence-electron chi connectivity index (χ3n) is 1.44. The van der Waals surface area contributed by atoms with Gasteiger partial charge >= 0.3 is 0 Å². The van der Waals surface area contributed by atoms with Crippen LogP contribution in [0.2, 0.25) is 0 Å². The van der Waals surface area contributed by atoms with Gasteiger partial charge in [0.15, 0.2) is 0 Å². The smallest absolute Gasteiger partial charge is 0.268 e. The summed E-state index contributed by atoms with van der Waals surface area (Å²) in [5.74, 6) is 0. The first kappa shape index (κ1) is 9.78. The molecule has 10 heavy (non-hydrogen) atoms. The lowest BCUT2D eigenvalue weighted by molar-refractivity contribution is -0.0942. The van der Waals surface area contributed by atoms with E-state index in [1.807, 2.05) is 0 Å². The molecular formula is C6H13F2NO. The number of aliphatic hydroxyl groups is 1. The van der Waals surface area contributed by atoms with Crippen molar-refractivity contribution in [3.05, 3.63) is 0 Å². The highest BCUT2D eigenvalue weighted by molar-refractivity contribution is 4.81. The molecule has 0 aromatic rings. The molecule has 0 aromatic heterocycles. The number of alkyl halides is 2. The minimum atomic E-state index is -2.74. The van der Waals surface area contributed by atoms with Gasteiger partial charge in [-0.05, 0) is 6.42 Å². The lowest BCUT2D eigenvalue weighted by atomic mass is 9.99. The van der Waals surface area contributed by atoms with E-state index in [1.165, 1.54) is 0 Å². The van der Waals surface area contributed by atoms with Crippen molar-refractivity contribution >= 4 is 0 Å². The molecule has 0 aromatic carbocycles. The van der Waals surface area contributed by atoms with Crippen LogP contribution < -0.4 is 5.73 Å². The fourth-order valence-electron chi connectivity index (χ4n) is 0.733. The van der Waals surface area contributed by atoms with E-state index in [2.05, 4.69) is 0 Å². The van der Waals surface area contributed by atoms with Gasteiger partial charge in [0.2, 0.25) is 0 Å². The van der Waals surface area contributed by atoms with Crippen LogP contribution in [-0.4, -0.2) is 23.7 Å². The highest BCUT2D eigenvalue weighted by Gasteiger charge is 2.34. The number of halogens is 2. The minimum Gasteiger partial charge on any atom is -0.383 e. The van der Waals surface area contributed by atoms with E-state index in [9.17, 15) is 8.78 Å². The van der Waals surface area contributed by atoms with Gasteiger partial charge in [-0.3, -0.25) is 0 Å². The molecular weight excluding hydrogens is 140 g/mol. The van der Waals surface area contributed by atoms with Gasteiger partial charge in [0.25, 0.3) is 6.43 Å². The van der Waals surface area contributed by atoms with Gasteiger partial charge in [-0.25, -0.2) is 8.78 Å². The molecule has 0 heterocycles. The standard InChI is InChI=1S/C6H13F2NO/c1-2-3-6(10,4-9)5(7)8/h5,10H,2-4,9H2,1H3. The van der Waals surface area contributed by atoms with Crippen LogP contribution in [0.15, 0.2) is 0 Å². The van der Waals surface area contributed by atoms with Crippen molar-refractivity contribution in [2.45, 2.75) is 31.8 Å². The fraction of sp³-hybridized carbons (Fsp3) is 1.00. The Morgan fingerprint density at radius 1 is 1.60 bits per heavy atom. The predicted octanol–water partition coefficient (Wildman–Crippen LogP) is 0.741. The lowest BCUT2D eigenvalue weighted by Gasteiger charge is -2.24. The van der Waals surface area contributed by atoms with Gasteiger partial charge in [0.1, 0.15) is 5.60 Å². The molecule has 0 aliphatic heterocycles. The van der Waals surface area contributed by atoms with Gasteiger partial charge in [-0.1, -0.05) is 13.3 Å². The second-order valence-corrected chi connectivity index (χ2v) is 2.36. The van der Waals surface area contributed by atoms with Crippen molar-refractivity contribution in [1.29, 1.82) is 0 Å². The molecule has 0 radical (unpaired) electrons.